The van der Waals surface area contributed by atoms with Crippen LogP contribution < -0.4 is 0 Å². The van der Waals surface area contributed by atoms with E-state index in [0.717, 1.165) is 0 Å². The molecule has 0 saturated carbocycles. The molecule has 1 unspecified atom stereocenters. The molecule has 1 aromatic carbocycles. The van der Waals surface area contributed by atoms with Crippen molar-refractivity contribution < 1.29 is 31.7 Å². The molecule has 144 valence electrons. The molecule has 0 aliphatic carbocycles. The van der Waals surface area contributed by atoms with E-state index in [9.17, 15) is 9.13 Å². The average Bonchev–Trinajstić information content (AvgIpc) is 2.60. The second-order valence-corrected chi connectivity index (χ2v) is 11.5. The first-order valence-electron chi connectivity index (χ1n) is 8.33. The third-order valence-electron chi connectivity index (χ3n) is 3.98. The van der Waals surface area contributed by atoms with Gasteiger partial charge in [-0.05, 0) is 12.5 Å². The van der Waals surface area contributed by atoms with Crippen molar-refractivity contribution in [3.8, 4) is 0 Å². The Balaban J connectivity index is 1.86. The quantitative estimate of drug-likeness (QED) is 0.667. The van der Waals surface area contributed by atoms with Crippen LogP contribution in [0.5, 0.6) is 0 Å². The van der Waals surface area contributed by atoms with Gasteiger partial charge >= 0.3 is 15.4 Å². The molecule has 2 aliphatic rings. The molecule has 2 saturated heterocycles. The van der Waals surface area contributed by atoms with Gasteiger partial charge in [-0.2, -0.15) is 0 Å². The standard InChI is InChI=1S/C17H24O7P2/c1-16(2)10-20-25(18,21-11-16)15(14-8-6-5-7-9-14)24-26(19)22-12-17(3,4)13-23-26/h3,5-9,15H,10-13H2,1-2,4H3. The normalized spacial score (nSPS) is 27.5. The zero-order chi connectivity index (χ0) is 19.1. The number of phosphoric acid groups is 1. The van der Waals surface area contributed by atoms with Crippen LogP contribution in [0.2, 0.25) is 0 Å². The zero-order valence-electron chi connectivity index (χ0n) is 15.1. The van der Waals surface area contributed by atoms with E-state index in [1.165, 1.54) is 0 Å². The van der Waals surface area contributed by atoms with Gasteiger partial charge in [-0.1, -0.05) is 51.1 Å². The third kappa shape index (κ3) is 4.66. The second-order valence-electron chi connectivity index (χ2n) is 7.77. The molecule has 9 heteroatoms. The Morgan fingerprint density at radius 2 is 1.50 bits per heavy atom. The lowest BCUT2D eigenvalue weighted by Crippen LogP contribution is -2.32. The van der Waals surface area contributed by atoms with Crippen molar-refractivity contribution in [2.24, 2.45) is 10.8 Å². The van der Waals surface area contributed by atoms with Crippen molar-refractivity contribution in [2.75, 3.05) is 26.4 Å². The highest BCUT2D eigenvalue weighted by Crippen LogP contribution is 2.70. The molecule has 0 amide bonds. The van der Waals surface area contributed by atoms with E-state index in [-0.39, 0.29) is 31.8 Å². The van der Waals surface area contributed by atoms with Crippen LogP contribution in [-0.2, 0) is 31.7 Å². The maximum Gasteiger partial charge on any atom is 0.476 e. The zero-order valence-corrected chi connectivity index (χ0v) is 16.9. The van der Waals surface area contributed by atoms with Crippen LogP contribution in [0.25, 0.3) is 0 Å². The van der Waals surface area contributed by atoms with Crippen LogP contribution in [0.15, 0.2) is 30.3 Å². The van der Waals surface area contributed by atoms with E-state index in [0.29, 0.717) is 5.56 Å². The largest absolute Gasteiger partial charge is 0.476 e. The van der Waals surface area contributed by atoms with Crippen molar-refractivity contribution in [1.29, 1.82) is 0 Å². The van der Waals surface area contributed by atoms with Gasteiger partial charge in [-0.25, -0.2) is 4.57 Å². The van der Waals surface area contributed by atoms with E-state index < -0.39 is 26.7 Å². The molecule has 0 N–H and O–H groups in total. The summed E-state index contributed by atoms with van der Waals surface area (Å²) in [6.45, 7) is 11.9. The van der Waals surface area contributed by atoms with Gasteiger partial charge in [0.2, 0.25) is 0 Å². The van der Waals surface area contributed by atoms with Gasteiger partial charge < -0.3 is 9.05 Å². The molecule has 0 aromatic heterocycles. The number of phosphoric ester groups is 1. The minimum Gasteiger partial charge on any atom is -0.306 e. The molecule has 2 heterocycles. The smallest absolute Gasteiger partial charge is 0.306 e. The Bertz CT molecular complexity index is 704. The Morgan fingerprint density at radius 3 is 2.04 bits per heavy atom. The first-order chi connectivity index (χ1) is 12.0. The molecule has 7 nitrogen and oxygen atoms in total. The molecular weight excluding hydrogens is 378 g/mol. The molecule has 2 fully saturated rings. The number of rotatable bonds is 4. The van der Waals surface area contributed by atoms with Crippen molar-refractivity contribution >= 4 is 15.4 Å². The Morgan fingerprint density at radius 1 is 0.962 bits per heavy atom. The van der Waals surface area contributed by atoms with E-state index >= 15 is 0 Å². The maximum atomic E-state index is 13.3. The summed E-state index contributed by atoms with van der Waals surface area (Å²) in [4.78, 5) is 0. The highest BCUT2D eigenvalue weighted by Gasteiger charge is 2.50. The van der Waals surface area contributed by atoms with Crippen molar-refractivity contribution in [2.45, 2.75) is 26.6 Å². The van der Waals surface area contributed by atoms with E-state index in [4.69, 9.17) is 29.5 Å². The second kappa shape index (κ2) is 7.14. The average molecular weight is 402 g/mol. The molecule has 26 heavy (non-hydrogen) atoms. The van der Waals surface area contributed by atoms with Crippen LogP contribution in [0.1, 0.15) is 32.2 Å². The van der Waals surface area contributed by atoms with Gasteiger partial charge in [-0.3, -0.25) is 18.1 Å². The molecule has 0 spiro atoms. The monoisotopic (exact) mass is 402 g/mol. The summed E-state index contributed by atoms with van der Waals surface area (Å²) in [5.41, 5.74) is -0.552. The Kier molecular flexibility index (Phi) is 5.55. The molecular formula is C17H24O7P2. The van der Waals surface area contributed by atoms with Gasteiger partial charge in [0.05, 0.1) is 26.4 Å². The minimum atomic E-state index is -3.97. The highest BCUT2D eigenvalue weighted by molar-refractivity contribution is 7.55. The number of benzene rings is 1. The fourth-order valence-corrected chi connectivity index (χ4v) is 6.60. The summed E-state index contributed by atoms with van der Waals surface area (Å²) < 4.78 is 53.5. The van der Waals surface area contributed by atoms with Crippen molar-refractivity contribution in [3.63, 3.8) is 0 Å². The molecule has 3 rings (SSSR count). The van der Waals surface area contributed by atoms with E-state index in [2.05, 4.69) is 0 Å². The Hall–Kier alpha value is -0.520. The molecule has 1 aromatic rings. The van der Waals surface area contributed by atoms with Crippen molar-refractivity contribution in [3.05, 3.63) is 42.8 Å². The van der Waals surface area contributed by atoms with Gasteiger partial charge in [0.15, 0.2) is 5.85 Å². The first kappa shape index (κ1) is 20.2. The van der Waals surface area contributed by atoms with E-state index in [1.807, 2.05) is 13.8 Å². The van der Waals surface area contributed by atoms with Gasteiger partial charge in [0.1, 0.15) is 0 Å². The van der Waals surface area contributed by atoms with Crippen LogP contribution in [-0.4, -0.2) is 26.4 Å². The van der Waals surface area contributed by atoms with Crippen LogP contribution >= 0.6 is 15.4 Å². The Labute approximate surface area is 154 Å². The SMILES string of the molecule is [CH]C1(C)COP(=O)(OC(c2ccccc2)P2(=O)OCC(C)(C)CO2)OC1. The fraction of sp³-hybridized carbons (Fsp3) is 0.588. The maximum absolute atomic E-state index is 13.3. The molecule has 1 atom stereocenters. The summed E-state index contributed by atoms with van der Waals surface area (Å²) >= 11 is 0. The van der Waals surface area contributed by atoms with Crippen LogP contribution in [0, 0.1) is 17.8 Å². The number of hydrogen-bond acceptors (Lipinski definition) is 7. The van der Waals surface area contributed by atoms with Gasteiger partial charge in [0, 0.05) is 10.8 Å². The third-order valence-corrected chi connectivity index (χ3v) is 7.46. The summed E-state index contributed by atoms with van der Waals surface area (Å²) in [6, 6.07) is 8.69. The van der Waals surface area contributed by atoms with E-state index in [1.54, 1.807) is 37.3 Å². The number of hydrogen-bond donors (Lipinski definition) is 0. The summed E-state index contributed by atoms with van der Waals surface area (Å²) in [7, 11) is -7.72. The van der Waals surface area contributed by atoms with Crippen molar-refractivity contribution in [1.82, 2.24) is 0 Å². The predicted molar refractivity (Wildman–Crippen MR) is 95.5 cm³/mol. The lowest BCUT2D eigenvalue weighted by molar-refractivity contribution is -0.00813. The molecule has 0 bridgehead atoms. The van der Waals surface area contributed by atoms with Gasteiger partial charge in [0.25, 0.3) is 0 Å². The lowest BCUT2D eigenvalue weighted by Gasteiger charge is -2.39. The highest BCUT2D eigenvalue weighted by atomic mass is 31.2. The summed E-state index contributed by atoms with van der Waals surface area (Å²) in [5, 5.41) is 0. The molecule has 2 radical (unpaired) electrons. The predicted octanol–water partition coefficient (Wildman–Crippen LogP) is 4.84. The summed E-state index contributed by atoms with van der Waals surface area (Å²) in [6.07, 6.45) is 0. The first-order valence-corrected chi connectivity index (χ1v) is 11.4. The fourth-order valence-electron chi connectivity index (χ4n) is 2.38. The van der Waals surface area contributed by atoms with Crippen LogP contribution in [0.3, 0.4) is 0 Å². The minimum absolute atomic E-state index is 0.00909. The van der Waals surface area contributed by atoms with Crippen LogP contribution in [0.4, 0.5) is 0 Å². The topological polar surface area (TPSA) is 80.3 Å². The summed E-state index contributed by atoms with van der Waals surface area (Å²) in [5.74, 6) is -1.23. The van der Waals surface area contributed by atoms with Gasteiger partial charge in [-0.15, -0.1) is 0 Å². The lowest BCUT2D eigenvalue weighted by atomic mass is 9.97. The molecule has 2 aliphatic heterocycles.